The topological polar surface area (TPSA) is 62.3 Å². The Morgan fingerprint density at radius 1 is 1.43 bits per heavy atom. The number of nitrogens with two attached hydrogens (primary N) is 1. The Morgan fingerprint density at radius 2 is 2.00 bits per heavy atom. The van der Waals surface area contributed by atoms with Crippen LogP contribution in [0.4, 0.5) is 0 Å². The first kappa shape index (κ1) is 13.4. The van der Waals surface area contributed by atoms with Crippen LogP contribution in [-0.2, 0) is 4.74 Å². The van der Waals surface area contributed by atoms with E-state index in [2.05, 4.69) is 18.7 Å². The lowest BCUT2D eigenvalue weighted by Gasteiger charge is -2.28. The van der Waals surface area contributed by atoms with Crippen molar-refractivity contribution in [3.05, 3.63) is 0 Å². The molecule has 0 bridgehead atoms. The van der Waals surface area contributed by atoms with Crippen molar-refractivity contribution in [1.29, 1.82) is 5.41 Å². The van der Waals surface area contributed by atoms with Gasteiger partial charge in [-0.1, -0.05) is 6.92 Å². The molecule has 0 aliphatic carbocycles. The van der Waals surface area contributed by atoms with E-state index in [1.54, 1.807) is 7.11 Å². The number of nitrogens with one attached hydrogen (secondary N) is 1. The summed E-state index contributed by atoms with van der Waals surface area (Å²) in [6.07, 6.45) is 0. The summed E-state index contributed by atoms with van der Waals surface area (Å²) in [7, 11) is 1.70. The summed E-state index contributed by atoms with van der Waals surface area (Å²) in [6.45, 7) is 8.71. The third kappa shape index (κ3) is 5.19. The number of hydrogen-bond acceptors (Lipinski definition) is 3. The number of nitrogens with zero attached hydrogens (tertiary/aromatic N) is 1. The Kier molecular flexibility index (Phi) is 6.49. The van der Waals surface area contributed by atoms with Gasteiger partial charge in [-0.25, -0.2) is 0 Å². The fourth-order valence-corrected chi connectivity index (χ4v) is 1.22. The molecule has 0 aromatic rings. The van der Waals surface area contributed by atoms with Crippen LogP contribution in [0.25, 0.3) is 0 Å². The van der Waals surface area contributed by atoms with E-state index in [1.165, 1.54) is 0 Å². The molecule has 0 aromatic heterocycles. The van der Waals surface area contributed by atoms with Crippen LogP contribution in [0.5, 0.6) is 0 Å². The van der Waals surface area contributed by atoms with E-state index < -0.39 is 0 Å². The minimum absolute atomic E-state index is 0.120. The molecule has 0 saturated carbocycles. The van der Waals surface area contributed by atoms with E-state index in [-0.39, 0.29) is 11.8 Å². The molecule has 0 saturated heterocycles. The summed E-state index contributed by atoms with van der Waals surface area (Å²) in [5, 5.41) is 7.33. The lowest BCUT2D eigenvalue weighted by Crippen LogP contribution is -2.40. The highest BCUT2D eigenvalue weighted by atomic mass is 16.5. The Hall–Kier alpha value is -0.610. The van der Waals surface area contributed by atoms with Gasteiger partial charge in [0, 0.05) is 32.2 Å². The van der Waals surface area contributed by atoms with Crippen molar-refractivity contribution in [2.75, 3.05) is 26.8 Å². The van der Waals surface area contributed by atoms with Crippen molar-refractivity contribution in [3.63, 3.8) is 0 Å². The van der Waals surface area contributed by atoms with Gasteiger partial charge in [0.2, 0.25) is 0 Å². The molecule has 84 valence electrons. The quantitative estimate of drug-likeness (QED) is 0.475. The van der Waals surface area contributed by atoms with Crippen molar-refractivity contribution < 1.29 is 4.74 Å². The normalized spacial score (nSPS) is 13.6. The van der Waals surface area contributed by atoms with Crippen molar-refractivity contribution >= 4 is 5.84 Å². The van der Waals surface area contributed by atoms with Crippen LogP contribution < -0.4 is 5.73 Å². The number of ether oxygens (including phenoxy) is 1. The molecule has 1 unspecified atom stereocenters. The molecule has 4 heteroatoms. The molecule has 1 atom stereocenters. The maximum atomic E-state index is 7.33. The molecular weight excluding hydrogens is 178 g/mol. The molecule has 0 fully saturated rings. The summed E-state index contributed by atoms with van der Waals surface area (Å²) in [6, 6.07) is 0.465. The fraction of sp³-hybridized carbons (Fsp3) is 0.900. The van der Waals surface area contributed by atoms with E-state index in [1.807, 2.05) is 6.92 Å². The zero-order chi connectivity index (χ0) is 11.1. The molecule has 0 amide bonds. The van der Waals surface area contributed by atoms with Crippen LogP contribution in [0.15, 0.2) is 0 Å². The minimum Gasteiger partial charge on any atom is -0.387 e. The number of methoxy groups -OCH3 is 1. The van der Waals surface area contributed by atoms with Gasteiger partial charge < -0.3 is 10.5 Å². The third-order valence-corrected chi connectivity index (χ3v) is 2.35. The second-order valence-corrected chi connectivity index (χ2v) is 3.94. The van der Waals surface area contributed by atoms with E-state index in [0.29, 0.717) is 6.04 Å². The maximum Gasteiger partial charge on any atom is 0.0947 e. The standard InChI is InChI=1S/C10H23N3O/c1-8(2)13(5-6-14-4)7-9(3)10(11)12/h8-9H,5-7H2,1-4H3,(H3,11,12). The first-order valence-corrected chi connectivity index (χ1v) is 5.06. The molecule has 0 radical (unpaired) electrons. The summed E-state index contributed by atoms with van der Waals surface area (Å²) >= 11 is 0. The minimum atomic E-state index is 0.120. The summed E-state index contributed by atoms with van der Waals surface area (Å²) in [5.74, 6) is 0.377. The van der Waals surface area contributed by atoms with Crippen molar-refractivity contribution in [3.8, 4) is 0 Å². The monoisotopic (exact) mass is 201 g/mol. The lowest BCUT2D eigenvalue weighted by atomic mass is 10.1. The maximum absolute atomic E-state index is 7.33. The molecule has 0 spiro atoms. The highest BCUT2D eigenvalue weighted by molar-refractivity contribution is 5.79. The number of amidine groups is 1. The number of hydrogen-bond donors (Lipinski definition) is 2. The molecule has 0 aromatic carbocycles. The smallest absolute Gasteiger partial charge is 0.0947 e. The van der Waals surface area contributed by atoms with Gasteiger partial charge in [0.25, 0.3) is 0 Å². The largest absolute Gasteiger partial charge is 0.387 e. The van der Waals surface area contributed by atoms with Crippen molar-refractivity contribution in [2.45, 2.75) is 26.8 Å². The van der Waals surface area contributed by atoms with E-state index in [4.69, 9.17) is 15.9 Å². The van der Waals surface area contributed by atoms with Gasteiger partial charge in [0.15, 0.2) is 0 Å². The highest BCUT2D eigenvalue weighted by Crippen LogP contribution is 2.04. The predicted octanol–water partition coefficient (Wildman–Crippen LogP) is 0.915. The first-order chi connectivity index (χ1) is 6.49. The van der Waals surface area contributed by atoms with Gasteiger partial charge in [0.1, 0.15) is 0 Å². The van der Waals surface area contributed by atoms with Crippen LogP contribution in [-0.4, -0.2) is 43.6 Å². The average Bonchev–Trinajstić information content (AvgIpc) is 2.10. The Labute approximate surface area is 86.9 Å². The predicted molar refractivity (Wildman–Crippen MR) is 59.7 cm³/mol. The van der Waals surface area contributed by atoms with E-state index >= 15 is 0 Å². The van der Waals surface area contributed by atoms with E-state index in [0.717, 1.165) is 19.7 Å². The SMILES string of the molecule is COCCN(CC(C)C(=N)N)C(C)C. The first-order valence-electron chi connectivity index (χ1n) is 5.06. The van der Waals surface area contributed by atoms with Crippen molar-refractivity contribution in [1.82, 2.24) is 4.90 Å². The van der Waals surface area contributed by atoms with Crippen LogP contribution >= 0.6 is 0 Å². The zero-order valence-electron chi connectivity index (χ0n) is 9.71. The molecule has 0 aliphatic heterocycles. The van der Waals surface area contributed by atoms with Gasteiger partial charge >= 0.3 is 0 Å². The lowest BCUT2D eigenvalue weighted by molar-refractivity contribution is 0.125. The average molecular weight is 201 g/mol. The Morgan fingerprint density at radius 3 is 2.36 bits per heavy atom. The Bertz CT molecular complexity index is 171. The molecular formula is C10H23N3O. The van der Waals surface area contributed by atoms with Gasteiger partial charge in [-0.3, -0.25) is 10.3 Å². The molecule has 0 aliphatic rings. The van der Waals surface area contributed by atoms with Crippen LogP contribution in [0.3, 0.4) is 0 Å². The van der Waals surface area contributed by atoms with Crippen LogP contribution in [0.1, 0.15) is 20.8 Å². The summed E-state index contributed by atoms with van der Waals surface area (Å²) in [5.41, 5.74) is 5.44. The summed E-state index contributed by atoms with van der Waals surface area (Å²) < 4.78 is 5.04. The van der Waals surface area contributed by atoms with Crippen molar-refractivity contribution in [2.24, 2.45) is 11.7 Å². The third-order valence-electron chi connectivity index (χ3n) is 2.35. The second-order valence-electron chi connectivity index (χ2n) is 3.94. The van der Waals surface area contributed by atoms with Crippen LogP contribution in [0.2, 0.25) is 0 Å². The highest BCUT2D eigenvalue weighted by Gasteiger charge is 2.14. The van der Waals surface area contributed by atoms with Gasteiger partial charge in [-0.05, 0) is 13.8 Å². The van der Waals surface area contributed by atoms with Gasteiger partial charge in [-0.15, -0.1) is 0 Å². The molecule has 3 N–H and O–H groups in total. The Balaban J connectivity index is 4.02. The fourth-order valence-electron chi connectivity index (χ4n) is 1.22. The van der Waals surface area contributed by atoms with E-state index in [9.17, 15) is 0 Å². The molecule has 14 heavy (non-hydrogen) atoms. The van der Waals surface area contributed by atoms with Gasteiger partial charge in [-0.2, -0.15) is 0 Å². The number of rotatable bonds is 7. The zero-order valence-corrected chi connectivity index (χ0v) is 9.71. The second kappa shape index (κ2) is 6.79. The molecule has 0 heterocycles. The molecule has 4 nitrogen and oxygen atoms in total. The summed E-state index contributed by atoms with van der Waals surface area (Å²) in [4.78, 5) is 2.27. The van der Waals surface area contributed by atoms with Crippen LogP contribution in [0, 0.1) is 11.3 Å². The van der Waals surface area contributed by atoms with Gasteiger partial charge in [0.05, 0.1) is 12.4 Å². The molecule has 0 rings (SSSR count).